The number of aromatic nitrogens is 4. The van der Waals surface area contributed by atoms with Crippen LogP contribution < -0.4 is 22.3 Å². The zero-order chi connectivity index (χ0) is 22.8. The van der Waals surface area contributed by atoms with Gasteiger partial charge in [-0.25, -0.2) is 19.9 Å². The van der Waals surface area contributed by atoms with E-state index in [-0.39, 0.29) is 23.5 Å². The number of hydrogen-bond donors (Lipinski definition) is 3. The number of rotatable bonds is 6. The first-order valence-corrected chi connectivity index (χ1v) is 10.7. The summed E-state index contributed by atoms with van der Waals surface area (Å²) in [6.45, 7) is 2.00. The lowest BCUT2D eigenvalue weighted by Crippen LogP contribution is -2.29. The molecule has 1 aromatic carbocycles. The molecule has 10 nitrogen and oxygen atoms in total. The fourth-order valence-corrected chi connectivity index (χ4v) is 3.95. The lowest BCUT2D eigenvalue weighted by molar-refractivity contribution is 0.578. The molecule has 1 atom stereocenters. The molecule has 0 spiro atoms. The van der Waals surface area contributed by atoms with Gasteiger partial charge >= 0.3 is 0 Å². The van der Waals surface area contributed by atoms with E-state index in [1.54, 1.807) is 29.8 Å². The predicted octanol–water partition coefficient (Wildman–Crippen LogP) is 2.68. The Hall–Kier alpha value is -3.53. The van der Waals surface area contributed by atoms with Gasteiger partial charge in [-0.3, -0.25) is 14.4 Å². The molecule has 0 bridgehead atoms. The zero-order valence-electron chi connectivity index (χ0n) is 17.8. The van der Waals surface area contributed by atoms with Crippen LogP contribution in [0.1, 0.15) is 49.7 Å². The minimum atomic E-state index is -0.334. The Balaban J connectivity index is 1.86. The average molecular weight is 454 g/mol. The maximum atomic E-state index is 13.4. The quantitative estimate of drug-likeness (QED) is 0.383. The molecule has 5 N–H and O–H groups in total. The van der Waals surface area contributed by atoms with Crippen molar-refractivity contribution in [3.05, 3.63) is 51.3 Å². The molecule has 2 heterocycles. The summed E-state index contributed by atoms with van der Waals surface area (Å²) in [4.78, 5) is 34.9. The van der Waals surface area contributed by atoms with Crippen LogP contribution in [-0.4, -0.2) is 38.7 Å². The number of fused-ring (bicyclic) bond motifs is 1. The summed E-state index contributed by atoms with van der Waals surface area (Å²) in [7, 11) is 1.58. The van der Waals surface area contributed by atoms with Crippen molar-refractivity contribution in [2.75, 3.05) is 18.1 Å². The predicted molar refractivity (Wildman–Crippen MR) is 128 cm³/mol. The number of amidine groups is 1. The summed E-state index contributed by atoms with van der Waals surface area (Å²) in [6, 6.07) is 5.06. The van der Waals surface area contributed by atoms with Gasteiger partial charge in [0, 0.05) is 13.1 Å². The van der Waals surface area contributed by atoms with E-state index in [1.807, 2.05) is 6.92 Å². The second kappa shape index (κ2) is 8.91. The fraction of sp³-hybridized carbons (Fsp3) is 0.333. The fourth-order valence-electron chi connectivity index (χ4n) is 3.70. The van der Waals surface area contributed by atoms with Crippen molar-refractivity contribution < 1.29 is 0 Å². The zero-order valence-corrected chi connectivity index (χ0v) is 18.5. The van der Waals surface area contributed by atoms with Crippen LogP contribution >= 0.6 is 11.6 Å². The number of halogens is 1. The molecule has 0 unspecified atom stereocenters. The van der Waals surface area contributed by atoms with Crippen LogP contribution in [0.15, 0.2) is 39.3 Å². The van der Waals surface area contributed by atoms with Gasteiger partial charge in [-0.15, -0.1) is 0 Å². The third kappa shape index (κ3) is 3.89. The minimum absolute atomic E-state index is 0.103. The van der Waals surface area contributed by atoms with Gasteiger partial charge in [-0.05, 0) is 31.4 Å². The number of hydrogen-bond acceptors (Lipinski definition) is 7. The molecule has 1 aliphatic carbocycles. The molecule has 32 heavy (non-hydrogen) atoms. The lowest BCUT2D eigenvalue weighted by atomic mass is 10.1. The van der Waals surface area contributed by atoms with Gasteiger partial charge in [0.25, 0.3) is 5.56 Å². The molecule has 0 radical (unpaired) electrons. The van der Waals surface area contributed by atoms with Gasteiger partial charge in [0.15, 0.2) is 5.84 Å². The molecule has 11 heteroatoms. The van der Waals surface area contributed by atoms with Gasteiger partial charge < -0.3 is 16.8 Å². The monoisotopic (exact) mass is 453 g/mol. The molecule has 4 rings (SSSR count). The van der Waals surface area contributed by atoms with Crippen molar-refractivity contribution in [1.82, 2.24) is 19.5 Å². The van der Waals surface area contributed by atoms with Crippen LogP contribution in [0, 0.1) is 0 Å². The molecular formula is C21H24ClN9O. The molecule has 0 amide bonds. The third-order valence-corrected chi connectivity index (χ3v) is 5.67. The van der Waals surface area contributed by atoms with E-state index in [2.05, 4.69) is 25.3 Å². The standard InChI is InChI=1S/C21H24ClN9O/c1-3-13(29-19-16(17(24)27-10-28-19)18(25-2)26-9-23)20-30-14-6-4-5-12(22)15(14)21(32)31(20)11-7-8-11/h4-6,9-11,13H,3,7-8H2,1-2H3,(H2,23,25,26)(H3,24,27,28,29)/t13-/m0/s1. The number of nitrogens with two attached hydrogens (primary N) is 2. The van der Waals surface area contributed by atoms with Crippen molar-refractivity contribution in [2.45, 2.75) is 38.3 Å². The van der Waals surface area contributed by atoms with E-state index in [4.69, 9.17) is 28.1 Å². The highest BCUT2D eigenvalue weighted by Gasteiger charge is 2.31. The van der Waals surface area contributed by atoms with Crippen LogP contribution in [0.4, 0.5) is 11.6 Å². The Morgan fingerprint density at radius 1 is 1.41 bits per heavy atom. The summed E-state index contributed by atoms with van der Waals surface area (Å²) in [6.07, 6.45) is 4.96. The molecule has 1 fully saturated rings. The first-order valence-electron chi connectivity index (χ1n) is 10.3. The molecule has 2 aromatic heterocycles. The van der Waals surface area contributed by atoms with E-state index >= 15 is 0 Å². The maximum absolute atomic E-state index is 13.4. The number of nitrogen functional groups attached to an aromatic ring is 1. The largest absolute Gasteiger partial charge is 0.390 e. The summed E-state index contributed by atoms with van der Waals surface area (Å²) < 4.78 is 1.76. The Labute approximate surface area is 189 Å². The molecule has 0 aliphatic heterocycles. The van der Waals surface area contributed by atoms with Crippen molar-refractivity contribution in [2.24, 2.45) is 15.7 Å². The number of nitrogens with zero attached hydrogens (tertiary/aromatic N) is 6. The number of anilines is 2. The van der Waals surface area contributed by atoms with Gasteiger partial charge in [0.2, 0.25) is 0 Å². The van der Waals surface area contributed by atoms with E-state index < -0.39 is 0 Å². The second-order valence-electron chi connectivity index (χ2n) is 7.42. The number of benzene rings is 1. The highest BCUT2D eigenvalue weighted by atomic mass is 35.5. The summed E-state index contributed by atoms with van der Waals surface area (Å²) >= 11 is 6.34. The van der Waals surface area contributed by atoms with Gasteiger partial charge in [0.05, 0.1) is 28.3 Å². The van der Waals surface area contributed by atoms with Gasteiger partial charge in [0.1, 0.15) is 29.4 Å². The van der Waals surface area contributed by atoms with E-state index in [0.29, 0.717) is 45.4 Å². The third-order valence-electron chi connectivity index (χ3n) is 5.36. The van der Waals surface area contributed by atoms with Crippen molar-refractivity contribution in [1.29, 1.82) is 0 Å². The average Bonchev–Trinajstić information content (AvgIpc) is 3.61. The van der Waals surface area contributed by atoms with Crippen molar-refractivity contribution >= 4 is 46.3 Å². The summed E-state index contributed by atoms with van der Waals surface area (Å²) in [5, 5.41) is 4.21. The highest BCUT2D eigenvalue weighted by Crippen LogP contribution is 2.37. The van der Waals surface area contributed by atoms with E-state index in [9.17, 15) is 4.79 Å². The summed E-state index contributed by atoms with van der Waals surface area (Å²) in [5.41, 5.74) is 12.4. The molecule has 3 aromatic rings. The summed E-state index contributed by atoms with van der Waals surface area (Å²) in [5.74, 6) is 1.55. The van der Waals surface area contributed by atoms with Gasteiger partial charge in [-0.1, -0.05) is 24.6 Å². The normalized spacial score (nSPS) is 15.4. The molecular weight excluding hydrogens is 430 g/mol. The second-order valence-corrected chi connectivity index (χ2v) is 7.83. The Morgan fingerprint density at radius 2 is 2.19 bits per heavy atom. The molecule has 166 valence electrons. The van der Waals surface area contributed by atoms with Crippen LogP contribution in [0.3, 0.4) is 0 Å². The van der Waals surface area contributed by atoms with Crippen LogP contribution in [-0.2, 0) is 0 Å². The van der Waals surface area contributed by atoms with E-state index in [0.717, 1.165) is 19.2 Å². The SMILES string of the molecule is CC[C@H](Nc1ncnc(N)c1C(N=CN)=NC)c1nc2cccc(Cl)c2c(=O)n1C1CC1. The Morgan fingerprint density at radius 3 is 2.84 bits per heavy atom. The van der Waals surface area contributed by atoms with Crippen molar-refractivity contribution in [3.8, 4) is 0 Å². The Kier molecular flexibility index (Phi) is 6.04. The molecule has 1 saturated carbocycles. The lowest BCUT2D eigenvalue weighted by Gasteiger charge is -2.23. The van der Waals surface area contributed by atoms with Crippen LogP contribution in [0.5, 0.6) is 0 Å². The molecule has 0 saturated heterocycles. The Bertz CT molecular complexity index is 1280. The number of nitrogens with one attached hydrogen (secondary N) is 1. The van der Waals surface area contributed by atoms with Crippen LogP contribution in [0.25, 0.3) is 10.9 Å². The minimum Gasteiger partial charge on any atom is -0.390 e. The molecule has 1 aliphatic rings. The first-order chi connectivity index (χ1) is 15.5. The van der Waals surface area contributed by atoms with E-state index in [1.165, 1.54) is 6.33 Å². The van der Waals surface area contributed by atoms with Gasteiger partial charge in [-0.2, -0.15) is 0 Å². The van der Waals surface area contributed by atoms with Crippen molar-refractivity contribution in [3.63, 3.8) is 0 Å². The first kappa shape index (κ1) is 21.7. The highest BCUT2D eigenvalue weighted by molar-refractivity contribution is 6.35. The number of aliphatic imine (C=N–C) groups is 2. The topological polar surface area (TPSA) is 149 Å². The maximum Gasteiger partial charge on any atom is 0.263 e. The smallest absolute Gasteiger partial charge is 0.263 e. The van der Waals surface area contributed by atoms with Crippen LogP contribution in [0.2, 0.25) is 5.02 Å².